The molecule has 1 aliphatic heterocycles. The van der Waals surface area contributed by atoms with Gasteiger partial charge >= 0.3 is 122 Å². The van der Waals surface area contributed by atoms with Gasteiger partial charge < -0.3 is 0 Å². The van der Waals surface area contributed by atoms with Crippen LogP contribution in [-0.2, 0) is 3.37 Å². The van der Waals surface area contributed by atoms with Crippen molar-refractivity contribution in [2.75, 3.05) is 0 Å². The number of hydrogen-bond acceptors (Lipinski definition) is 4. The van der Waals surface area contributed by atoms with E-state index in [4.69, 9.17) is 3.37 Å². The van der Waals surface area contributed by atoms with E-state index in [9.17, 15) is 14.0 Å². The summed E-state index contributed by atoms with van der Waals surface area (Å²) in [5, 5.41) is 0.910. The first-order chi connectivity index (χ1) is 9.44. The molecule has 104 valence electrons. The Kier molecular flexibility index (Phi) is 3.52. The molecule has 0 aliphatic carbocycles. The first-order valence-corrected chi connectivity index (χ1v) is 9.48. The Labute approximate surface area is 122 Å². The molecule has 1 atom stereocenters. The van der Waals surface area contributed by atoms with Crippen molar-refractivity contribution in [2.24, 2.45) is 0 Å². The monoisotopic (exact) mass is 358 g/mol. The normalized spacial score (nSPS) is 17.1. The molecule has 0 saturated carbocycles. The van der Waals surface area contributed by atoms with E-state index in [1.54, 1.807) is 0 Å². The van der Waals surface area contributed by atoms with Gasteiger partial charge in [0.05, 0.1) is 0 Å². The Morgan fingerprint density at radius 2 is 1.80 bits per heavy atom. The topological polar surface area (TPSA) is 78.4 Å². The molecule has 2 aromatic carbocycles. The van der Waals surface area contributed by atoms with Crippen LogP contribution < -0.4 is 23.7 Å². The van der Waals surface area contributed by atoms with Crippen molar-refractivity contribution in [3.8, 4) is 0 Å². The van der Waals surface area contributed by atoms with Gasteiger partial charge in [0, 0.05) is 0 Å². The summed E-state index contributed by atoms with van der Waals surface area (Å²) in [7, 11) is -4.44. The van der Waals surface area contributed by atoms with Crippen LogP contribution >= 0.6 is 0 Å². The standard InChI is InChI=1S/C14H11ClO4Se/c1-10-6-7-12-9-11-4-2-3-5-13(11)20(14(12)8-10)19-15(16,17)18/h2-9H,1H3. The van der Waals surface area contributed by atoms with Crippen LogP contribution in [0.15, 0.2) is 42.5 Å². The molecule has 0 fully saturated rings. The Morgan fingerprint density at radius 1 is 1.05 bits per heavy atom. The van der Waals surface area contributed by atoms with E-state index in [1.807, 2.05) is 55.5 Å². The van der Waals surface area contributed by atoms with Gasteiger partial charge in [-0.15, -0.1) is 0 Å². The van der Waals surface area contributed by atoms with E-state index in [-0.39, 0.29) is 0 Å². The van der Waals surface area contributed by atoms with Crippen LogP contribution in [-0.4, -0.2) is 13.8 Å². The Balaban J connectivity index is 2.34. The van der Waals surface area contributed by atoms with Crippen LogP contribution in [0.25, 0.3) is 6.08 Å². The fourth-order valence-corrected chi connectivity index (χ4v) is 7.20. The number of benzene rings is 2. The van der Waals surface area contributed by atoms with Gasteiger partial charge in [-0.1, -0.05) is 0 Å². The van der Waals surface area contributed by atoms with E-state index in [1.165, 1.54) is 0 Å². The summed E-state index contributed by atoms with van der Waals surface area (Å²) >= 11 is -2.36. The molecule has 0 saturated heterocycles. The van der Waals surface area contributed by atoms with Crippen molar-refractivity contribution >= 4 is 24.3 Å². The quantitative estimate of drug-likeness (QED) is 0.571. The van der Waals surface area contributed by atoms with Crippen LogP contribution in [0.1, 0.15) is 11.1 Å². The second-order valence-electron chi connectivity index (χ2n) is 4.43. The SMILES string of the molecule is Cc1ccc2c(c1)[Se](O[Cl+3]([O-])([O-])[O-])=c1ccccc1=C2. The molecule has 1 aliphatic rings. The van der Waals surface area contributed by atoms with E-state index < -0.39 is 24.0 Å². The number of halogens is 1. The molecule has 1 heterocycles. The zero-order valence-electron chi connectivity index (χ0n) is 10.5. The molecular formula is C14H11ClO4Se. The molecule has 6 heteroatoms. The van der Waals surface area contributed by atoms with Crippen molar-refractivity contribution in [3.63, 3.8) is 0 Å². The maximum atomic E-state index is 11.0. The van der Waals surface area contributed by atoms with E-state index in [2.05, 4.69) is 0 Å². The third-order valence-electron chi connectivity index (χ3n) is 2.94. The maximum absolute atomic E-state index is 11.0. The van der Waals surface area contributed by atoms with Gasteiger partial charge in [0.1, 0.15) is 0 Å². The zero-order chi connectivity index (χ0) is 14.3. The average Bonchev–Trinajstić information content (AvgIpc) is 2.38. The molecule has 20 heavy (non-hydrogen) atoms. The van der Waals surface area contributed by atoms with Gasteiger partial charge in [0.25, 0.3) is 0 Å². The van der Waals surface area contributed by atoms with Crippen molar-refractivity contribution in [2.45, 2.75) is 6.92 Å². The average molecular weight is 358 g/mol. The van der Waals surface area contributed by atoms with Gasteiger partial charge in [0.2, 0.25) is 0 Å². The second kappa shape index (κ2) is 5.06. The molecule has 0 amide bonds. The summed E-state index contributed by atoms with van der Waals surface area (Å²) in [5.74, 6) is 0. The van der Waals surface area contributed by atoms with E-state index in [0.717, 1.165) is 24.9 Å². The van der Waals surface area contributed by atoms with E-state index in [0.29, 0.717) is 0 Å². The van der Waals surface area contributed by atoms with Gasteiger partial charge in [-0.3, -0.25) is 0 Å². The minimum absolute atomic E-state index is 0.803. The molecule has 2 aromatic rings. The number of rotatable bonds is 2. The van der Waals surface area contributed by atoms with Gasteiger partial charge in [0.15, 0.2) is 0 Å². The van der Waals surface area contributed by atoms with Crippen molar-refractivity contribution in [1.82, 2.24) is 0 Å². The molecule has 4 nitrogen and oxygen atoms in total. The van der Waals surface area contributed by atoms with Crippen LogP contribution in [0.5, 0.6) is 0 Å². The Bertz CT molecular complexity index is 796. The molecule has 0 spiro atoms. The number of hydrogen-bond donors (Lipinski definition) is 0. The molecule has 3 rings (SSSR count). The molecule has 0 radical (unpaired) electrons. The third kappa shape index (κ3) is 2.71. The summed E-state index contributed by atoms with van der Waals surface area (Å²) in [6.07, 6.45) is 1.99. The van der Waals surface area contributed by atoms with Crippen LogP contribution in [0.2, 0.25) is 0 Å². The minimum atomic E-state index is -4.44. The van der Waals surface area contributed by atoms with Gasteiger partial charge in [-0.25, -0.2) is 0 Å². The van der Waals surface area contributed by atoms with E-state index >= 15 is 0 Å². The fourth-order valence-electron chi connectivity index (χ4n) is 2.12. The summed E-state index contributed by atoms with van der Waals surface area (Å²) in [5.41, 5.74) is 1.92. The first-order valence-electron chi connectivity index (χ1n) is 5.83. The molecule has 1 unspecified atom stereocenters. The number of aryl methyl sites for hydroxylation is 1. The molecule has 0 aromatic heterocycles. The van der Waals surface area contributed by atoms with Crippen LogP contribution in [0.4, 0.5) is 0 Å². The summed E-state index contributed by atoms with van der Waals surface area (Å²) in [6, 6.07) is 13.2. The Morgan fingerprint density at radius 3 is 2.55 bits per heavy atom. The predicted molar refractivity (Wildman–Crippen MR) is 66.1 cm³/mol. The third-order valence-corrected chi connectivity index (χ3v) is 8.18. The first kappa shape index (κ1) is 13.9. The van der Waals surface area contributed by atoms with Crippen LogP contribution in [0.3, 0.4) is 0 Å². The molecular weight excluding hydrogens is 347 g/mol. The number of fused-ring (bicyclic) bond motifs is 2. The van der Waals surface area contributed by atoms with Crippen molar-refractivity contribution in [3.05, 3.63) is 62.9 Å². The second-order valence-corrected chi connectivity index (χ2v) is 9.08. The predicted octanol–water partition coefficient (Wildman–Crippen LogP) is -2.22. The van der Waals surface area contributed by atoms with Gasteiger partial charge in [-0.05, 0) is 0 Å². The summed E-state index contributed by atoms with van der Waals surface area (Å²) in [6.45, 7) is 1.92. The van der Waals surface area contributed by atoms with Gasteiger partial charge in [-0.2, -0.15) is 0 Å². The van der Waals surface area contributed by atoms with Crippen molar-refractivity contribution < 1.29 is 27.6 Å². The summed E-state index contributed by atoms with van der Waals surface area (Å²) in [4.78, 5) is 0. The molecule has 0 N–H and O–H groups in total. The van der Waals surface area contributed by atoms with Crippen molar-refractivity contribution in [1.29, 1.82) is 0 Å². The Hall–Kier alpha value is -1.04. The molecule has 0 bridgehead atoms. The summed E-state index contributed by atoms with van der Waals surface area (Å²) < 4.78 is 39.6. The fraction of sp³-hybridized carbons (Fsp3) is 0.0714. The zero-order valence-corrected chi connectivity index (χ0v) is 13.0. The van der Waals surface area contributed by atoms with Crippen LogP contribution in [0, 0.1) is 21.2 Å².